The number of methoxy groups -OCH3 is 2. The van der Waals surface area contributed by atoms with Gasteiger partial charge >= 0.3 is 0 Å². The van der Waals surface area contributed by atoms with Crippen LogP contribution in [-0.2, 0) is 22.4 Å². The van der Waals surface area contributed by atoms with Crippen LogP contribution in [0.1, 0.15) is 41.8 Å². The Balaban J connectivity index is 1.41. The number of rotatable bonds is 7. The summed E-state index contributed by atoms with van der Waals surface area (Å²) in [5, 5.41) is 1.08. The number of fused-ring (bicyclic) bond motifs is 4. The molecule has 6 rings (SSSR count). The number of H-pyrrole nitrogens is 1. The van der Waals surface area contributed by atoms with Gasteiger partial charge in [-0.05, 0) is 55.2 Å². The van der Waals surface area contributed by atoms with E-state index in [1.54, 1.807) is 24.0 Å². The molecule has 2 aliphatic heterocycles. The van der Waals surface area contributed by atoms with Gasteiger partial charge in [0, 0.05) is 34.6 Å². The van der Waals surface area contributed by atoms with Gasteiger partial charge in [-0.1, -0.05) is 48.5 Å². The van der Waals surface area contributed by atoms with Gasteiger partial charge in [0.15, 0.2) is 0 Å². The van der Waals surface area contributed by atoms with Crippen LogP contribution >= 0.6 is 0 Å². The molecule has 0 spiro atoms. The number of nitrogens with one attached hydrogen (secondary N) is 1. The van der Waals surface area contributed by atoms with Gasteiger partial charge in [-0.25, -0.2) is 0 Å². The lowest BCUT2D eigenvalue weighted by molar-refractivity contribution is -0.160. The van der Waals surface area contributed by atoms with E-state index in [0.29, 0.717) is 17.9 Å². The standard InChI is InChI=1S/C32H33N3O4/c1-20(13-14-21-9-5-4-6-10-21)34-19-29(36)35-27(32(34)37)18-24-23-11-7-8-12-26(23)33-30(24)31(35)25-17-22(38-2)15-16-28(25)39-3/h4-12,15-17,20,27,31,33H,13-14,18-19H2,1-3H3/t20-,27+,31-/m1/s1. The monoisotopic (exact) mass is 523 g/mol. The van der Waals surface area contributed by atoms with E-state index < -0.39 is 12.1 Å². The number of aromatic amines is 1. The maximum Gasteiger partial charge on any atom is 0.246 e. The van der Waals surface area contributed by atoms with Crippen LogP contribution in [0.5, 0.6) is 11.5 Å². The molecule has 200 valence electrons. The average Bonchev–Trinajstić information content (AvgIpc) is 3.35. The number of para-hydroxylation sites is 1. The number of benzene rings is 3. The normalized spacial score (nSPS) is 19.6. The first-order chi connectivity index (χ1) is 19.0. The number of hydrogen-bond donors (Lipinski definition) is 1. The highest BCUT2D eigenvalue weighted by atomic mass is 16.5. The molecular weight excluding hydrogens is 490 g/mol. The third-order valence-corrected chi connectivity index (χ3v) is 8.25. The van der Waals surface area contributed by atoms with Crippen molar-refractivity contribution in [1.82, 2.24) is 14.8 Å². The van der Waals surface area contributed by atoms with Gasteiger partial charge in [-0.15, -0.1) is 0 Å². The fraction of sp³-hybridized carbons (Fsp3) is 0.312. The molecule has 2 amide bonds. The molecule has 3 heterocycles. The van der Waals surface area contributed by atoms with Crippen molar-refractivity contribution in [2.45, 2.75) is 44.3 Å². The number of amides is 2. The van der Waals surface area contributed by atoms with Crippen molar-refractivity contribution in [2.75, 3.05) is 20.8 Å². The first-order valence-corrected chi connectivity index (χ1v) is 13.5. The van der Waals surface area contributed by atoms with Crippen LogP contribution in [0.3, 0.4) is 0 Å². The molecule has 2 aliphatic rings. The average molecular weight is 524 g/mol. The van der Waals surface area contributed by atoms with E-state index in [4.69, 9.17) is 9.47 Å². The van der Waals surface area contributed by atoms with Crippen LogP contribution in [0, 0.1) is 0 Å². The number of carbonyl (C=O) groups excluding carboxylic acids is 2. The third kappa shape index (κ3) is 4.32. The topological polar surface area (TPSA) is 74.9 Å². The first-order valence-electron chi connectivity index (χ1n) is 13.5. The maximum absolute atomic E-state index is 14.1. The van der Waals surface area contributed by atoms with E-state index in [1.165, 1.54) is 5.56 Å². The van der Waals surface area contributed by atoms with Crippen LogP contribution < -0.4 is 9.47 Å². The largest absolute Gasteiger partial charge is 0.497 e. The molecular formula is C32H33N3O4. The molecule has 1 fully saturated rings. The molecule has 0 unspecified atom stereocenters. The Morgan fingerprint density at radius 2 is 1.74 bits per heavy atom. The molecule has 1 saturated heterocycles. The lowest BCUT2D eigenvalue weighted by Crippen LogP contribution is -2.64. The van der Waals surface area contributed by atoms with Crippen molar-refractivity contribution < 1.29 is 19.1 Å². The van der Waals surface area contributed by atoms with Crippen LogP contribution in [0.4, 0.5) is 0 Å². The predicted molar refractivity (Wildman–Crippen MR) is 150 cm³/mol. The highest BCUT2D eigenvalue weighted by Crippen LogP contribution is 2.46. The second-order valence-corrected chi connectivity index (χ2v) is 10.4. The Morgan fingerprint density at radius 3 is 2.51 bits per heavy atom. The van der Waals surface area contributed by atoms with Crippen molar-refractivity contribution in [3.63, 3.8) is 0 Å². The molecule has 39 heavy (non-hydrogen) atoms. The van der Waals surface area contributed by atoms with Crippen LogP contribution in [0.2, 0.25) is 0 Å². The Morgan fingerprint density at radius 1 is 0.974 bits per heavy atom. The minimum Gasteiger partial charge on any atom is -0.497 e. The molecule has 3 atom stereocenters. The molecule has 0 saturated carbocycles. The summed E-state index contributed by atoms with van der Waals surface area (Å²) in [4.78, 5) is 35.3. The minimum atomic E-state index is -0.599. The van der Waals surface area contributed by atoms with Crippen LogP contribution in [0.15, 0.2) is 72.8 Å². The first kappa shape index (κ1) is 25.0. The summed E-state index contributed by atoms with van der Waals surface area (Å²) in [6, 6.07) is 22.8. The third-order valence-electron chi connectivity index (χ3n) is 8.25. The lowest BCUT2D eigenvalue weighted by atomic mass is 9.85. The smallest absolute Gasteiger partial charge is 0.246 e. The van der Waals surface area contributed by atoms with Crippen molar-refractivity contribution >= 4 is 22.7 Å². The van der Waals surface area contributed by atoms with E-state index in [9.17, 15) is 9.59 Å². The summed E-state index contributed by atoms with van der Waals surface area (Å²) >= 11 is 0. The summed E-state index contributed by atoms with van der Waals surface area (Å²) < 4.78 is 11.3. The maximum atomic E-state index is 14.1. The number of nitrogens with zero attached hydrogens (tertiary/aromatic N) is 2. The highest BCUT2D eigenvalue weighted by Gasteiger charge is 2.49. The molecule has 7 nitrogen and oxygen atoms in total. The summed E-state index contributed by atoms with van der Waals surface area (Å²) in [6.45, 7) is 2.11. The van der Waals surface area contributed by atoms with Crippen molar-refractivity contribution in [2.24, 2.45) is 0 Å². The zero-order valence-electron chi connectivity index (χ0n) is 22.5. The number of aromatic nitrogens is 1. The van der Waals surface area contributed by atoms with Gasteiger partial charge in [0.05, 0.1) is 14.2 Å². The fourth-order valence-corrected chi connectivity index (χ4v) is 6.21. The van der Waals surface area contributed by atoms with Gasteiger partial charge in [-0.3, -0.25) is 9.59 Å². The second-order valence-electron chi connectivity index (χ2n) is 10.4. The minimum absolute atomic E-state index is 0.00189. The number of hydrogen-bond acceptors (Lipinski definition) is 4. The Bertz CT molecular complexity index is 1530. The van der Waals surface area contributed by atoms with Crippen LogP contribution in [-0.4, -0.2) is 59.4 Å². The molecule has 0 radical (unpaired) electrons. The summed E-state index contributed by atoms with van der Waals surface area (Å²) in [7, 11) is 3.24. The zero-order valence-corrected chi connectivity index (χ0v) is 22.5. The fourth-order valence-electron chi connectivity index (χ4n) is 6.21. The van der Waals surface area contributed by atoms with Crippen LogP contribution in [0.25, 0.3) is 10.9 Å². The van der Waals surface area contributed by atoms with Crippen molar-refractivity contribution in [3.05, 3.63) is 95.2 Å². The Kier molecular flexibility index (Phi) is 6.51. The zero-order chi connectivity index (χ0) is 27.1. The summed E-state index contributed by atoms with van der Waals surface area (Å²) in [5.41, 5.74) is 5.00. The molecule has 7 heteroatoms. The Hall–Kier alpha value is -4.26. The van der Waals surface area contributed by atoms with Crippen molar-refractivity contribution in [1.29, 1.82) is 0 Å². The molecule has 0 bridgehead atoms. The second kappa shape index (κ2) is 10.1. The van der Waals surface area contributed by atoms with E-state index >= 15 is 0 Å². The van der Waals surface area contributed by atoms with E-state index in [0.717, 1.165) is 40.6 Å². The number of ether oxygens (including phenoxy) is 2. The van der Waals surface area contributed by atoms with Gasteiger partial charge < -0.3 is 24.3 Å². The van der Waals surface area contributed by atoms with Gasteiger partial charge in [-0.2, -0.15) is 0 Å². The van der Waals surface area contributed by atoms with Crippen molar-refractivity contribution in [3.8, 4) is 11.5 Å². The molecule has 1 N–H and O–H groups in total. The SMILES string of the molecule is COc1ccc(OC)c([C@@H]2c3[nH]c4ccccc4c3C[C@H]3C(=O)N([C@H](C)CCc4ccccc4)CC(=O)N23)c1. The molecule has 0 aliphatic carbocycles. The number of aryl methyl sites for hydroxylation is 1. The molecule has 3 aromatic carbocycles. The molecule has 1 aromatic heterocycles. The van der Waals surface area contributed by atoms with E-state index in [2.05, 4.69) is 23.2 Å². The highest BCUT2D eigenvalue weighted by molar-refractivity contribution is 5.98. The summed E-state index contributed by atoms with van der Waals surface area (Å²) in [6.07, 6.45) is 2.11. The van der Waals surface area contributed by atoms with Gasteiger partial charge in [0.1, 0.15) is 30.1 Å². The number of carbonyl (C=O) groups is 2. The lowest BCUT2D eigenvalue weighted by Gasteiger charge is -2.48. The molecule has 4 aromatic rings. The number of piperazine rings is 1. The van der Waals surface area contributed by atoms with Gasteiger partial charge in [0.2, 0.25) is 11.8 Å². The Labute approximate surface area is 228 Å². The predicted octanol–water partition coefficient (Wildman–Crippen LogP) is 4.89. The van der Waals surface area contributed by atoms with Gasteiger partial charge in [0.25, 0.3) is 0 Å². The summed E-state index contributed by atoms with van der Waals surface area (Å²) in [5.74, 6) is 1.24. The van der Waals surface area contributed by atoms with E-state index in [-0.39, 0.29) is 24.4 Å². The van der Waals surface area contributed by atoms with E-state index in [1.807, 2.05) is 61.5 Å². The quantitative estimate of drug-likeness (QED) is 0.374.